The minimum Gasteiger partial charge on any atom is -0.359 e. The number of aromatic nitrogens is 3. The Labute approximate surface area is 155 Å². The van der Waals surface area contributed by atoms with Gasteiger partial charge < -0.3 is 4.84 Å². The standard InChI is InChI=1S/C18H11F3N4OS/c19-18(20,21)12-7-5-11(6-8-12)14-9-16(23-10-22-14)26-25-17-24-13-3-1-2-4-15(13)27-17/h1-10H,(H,24,25). The van der Waals surface area contributed by atoms with Gasteiger partial charge in [0.1, 0.15) is 6.33 Å². The van der Waals surface area contributed by atoms with Crippen LogP contribution in [0.2, 0.25) is 0 Å². The third kappa shape index (κ3) is 3.82. The maximum Gasteiger partial charge on any atom is 0.416 e. The summed E-state index contributed by atoms with van der Waals surface area (Å²) in [7, 11) is 0. The minimum atomic E-state index is -4.38. The molecule has 0 unspecified atom stereocenters. The van der Waals surface area contributed by atoms with Crippen LogP contribution in [0.1, 0.15) is 5.56 Å². The molecule has 2 aromatic carbocycles. The van der Waals surface area contributed by atoms with E-state index in [-0.39, 0.29) is 5.88 Å². The van der Waals surface area contributed by atoms with Gasteiger partial charge in [-0.25, -0.2) is 9.97 Å². The van der Waals surface area contributed by atoms with Crippen LogP contribution in [-0.2, 0) is 6.18 Å². The van der Waals surface area contributed by atoms with Crippen molar-refractivity contribution in [1.29, 1.82) is 0 Å². The molecule has 4 aromatic rings. The van der Waals surface area contributed by atoms with E-state index in [2.05, 4.69) is 20.4 Å². The lowest BCUT2D eigenvalue weighted by Gasteiger charge is -2.08. The Balaban J connectivity index is 1.50. The Morgan fingerprint density at radius 2 is 1.74 bits per heavy atom. The first-order valence-electron chi connectivity index (χ1n) is 7.77. The molecule has 9 heteroatoms. The van der Waals surface area contributed by atoms with Crippen molar-refractivity contribution < 1.29 is 18.0 Å². The number of alkyl halides is 3. The number of benzene rings is 2. The number of halogens is 3. The highest BCUT2D eigenvalue weighted by Gasteiger charge is 2.30. The second-order valence-corrected chi connectivity index (χ2v) is 6.54. The number of fused-ring (bicyclic) bond motifs is 1. The quantitative estimate of drug-likeness (QED) is 0.488. The van der Waals surface area contributed by atoms with Gasteiger partial charge in [-0.2, -0.15) is 23.6 Å². The first-order valence-corrected chi connectivity index (χ1v) is 8.59. The molecular weight excluding hydrogens is 377 g/mol. The first kappa shape index (κ1) is 17.2. The van der Waals surface area contributed by atoms with Crippen LogP contribution >= 0.6 is 11.3 Å². The van der Waals surface area contributed by atoms with Gasteiger partial charge in [-0.1, -0.05) is 35.6 Å². The Bertz CT molecular complexity index is 1050. The minimum absolute atomic E-state index is 0.221. The van der Waals surface area contributed by atoms with Crippen LogP contribution in [0.15, 0.2) is 60.9 Å². The smallest absolute Gasteiger partial charge is 0.359 e. The number of para-hydroxylation sites is 1. The van der Waals surface area contributed by atoms with Gasteiger partial charge in [0, 0.05) is 11.6 Å². The summed E-state index contributed by atoms with van der Waals surface area (Å²) in [6.45, 7) is 0. The van der Waals surface area contributed by atoms with Crippen molar-refractivity contribution in [3.8, 4) is 17.1 Å². The second kappa shape index (κ2) is 6.84. The fourth-order valence-electron chi connectivity index (χ4n) is 2.39. The van der Waals surface area contributed by atoms with Crippen molar-refractivity contribution in [1.82, 2.24) is 15.0 Å². The van der Waals surface area contributed by atoms with Gasteiger partial charge in [0.25, 0.3) is 0 Å². The van der Waals surface area contributed by atoms with Crippen LogP contribution in [0, 0.1) is 0 Å². The lowest BCUT2D eigenvalue weighted by atomic mass is 10.1. The maximum absolute atomic E-state index is 12.7. The van der Waals surface area contributed by atoms with Crippen molar-refractivity contribution in [2.75, 3.05) is 5.48 Å². The monoisotopic (exact) mass is 388 g/mol. The molecule has 0 atom stereocenters. The van der Waals surface area contributed by atoms with Crippen LogP contribution in [0.4, 0.5) is 18.3 Å². The van der Waals surface area contributed by atoms with Crippen LogP contribution in [0.5, 0.6) is 5.88 Å². The van der Waals surface area contributed by atoms with Crippen LogP contribution in [0.25, 0.3) is 21.5 Å². The predicted octanol–water partition coefficient (Wildman–Crippen LogP) is 5.18. The molecule has 0 aliphatic rings. The normalized spacial score (nSPS) is 11.5. The largest absolute Gasteiger partial charge is 0.416 e. The van der Waals surface area contributed by atoms with E-state index in [4.69, 9.17) is 4.84 Å². The van der Waals surface area contributed by atoms with E-state index in [1.165, 1.54) is 35.9 Å². The van der Waals surface area contributed by atoms with Crippen molar-refractivity contribution in [3.05, 3.63) is 66.5 Å². The molecule has 0 spiro atoms. The Kier molecular flexibility index (Phi) is 4.36. The van der Waals surface area contributed by atoms with E-state index >= 15 is 0 Å². The van der Waals surface area contributed by atoms with Crippen molar-refractivity contribution >= 4 is 26.7 Å². The molecule has 0 saturated carbocycles. The van der Waals surface area contributed by atoms with Crippen molar-refractivity contribution in [2.45, 2.75) is 6.18 Å². The van der Waals surface area contributed by atoms with E-state index in [9.17, 15) is 13.2 Å². The van der Waals surface area contributed by atoms with Crippen LogP contribution < -0.4 is 10.3 Å². The Hall–Kier alpha value is -3.20. The highest BCUT2D eigenvalue weighted by Crippen LogP contribution is 2.31. The second-order valence-electron chi connectivity index (χ2n) is 5.51. The molecule has 2 heterocycles. The molecule has 0 fully saturated rings. The van der Waals surface area contributed by atoms with E-state index < -0.39 is 11.7 Å². The van der Waals surface area contributed by atoms with Gasteiger partial charge in [-0.15, -0.1) is 0 Å². The number of rotatable bonds is 4. The number of thiazole rings is 1. The molecular formula is C18H11F3N4OS. The third-order valence-corrected chi connectivity index (χ3v) is 4.62. The number of hydrogen-bond acceptors (Lipinski definition) is 6. The number of hydrogen-bond donors (Lipinski definition) is 1. The van der Waals surface area contributed by atoms with Crippen LogP contribution in [0.3, 0.4) is 0 Å². The summed E-state index contributed by atoms with van der Waals surface area (Å²) in [6.07, 6.45) is -3.10. The van der Waals surface area contributed by atoms with Crippen molar-refractivity contribution in [2.24, 2.45) is 0 Å². The van der Waals surface area contributed by atoms with Gasteiger partial charge in [0.2, 0.25) is 11.0 Å². The first-order chi connectivity index (χ1) is 13.0. The summed E-state index contributed by atoms with van der Waals surface area (Å²) in [5, 5.41) is 0.561. The number of anilines is 1. The molecule has 136 valence electrons. The summed E-state index contributed by atoms with van der Waals surface area (Å²) in [6, 6.07) is 13.9. The Morgan fingerprint density at radius 3 is 2.48 bits per heavy atom. The summed E-state index contributed by atoms with van der Waals surface area (Å²) in [4.78, 5) is 17.9. The van der Waals surface area contributed by atoms with Gasteiger partial charge in [0.05, 0.1) is 21.5 Å². The maximum atomic E-state index is 12.7. The molecule has 4 rings (SSSR count). The van der Waals surface area contributed by atoms with E-state index in [1.54, 1.807) is 0 Å². The summed E-state index contributed by atoms with van der Waals surface area (Å²) < 4.78 is 39.0. The van der Waals surface area contributed by atoms with Crippen LogP contribution in [-0.4, -0.2) is 15.0 Å². The topological polar surface area (TPSA) is 59.9 Å². The fourth-order valence-corrected chi connectivity index (χ4v) is 3.20. The molecule has 2 aromatic heterocycles. The summed E-state index contributed by atoms with van der Waals surface area (Å²) in [5.74, 6) is 0.221. The molecule has 27 heavy (non-hydrogen) atoms. The van der Waals surface area contributed by atoms with E-state index in [0.29, 0.717) is 16.4 Å². The molecule has 5 nitrogen and oxygen atoms in total. The summed E-state index contributed by atoms with van der Waals surface area (Å²) >= 11 is 1.42. The zero-order valence-electron chi connectivity index (χ0n) is 13.6. The fraction of sp³-hybridized carbons (Fsp3) is 0.0556. The lowest BCUT2D eigenvalue weighted by Crippen LogP contribution is -2.06. The number of nitrogens with one attached hydrogen (secondary N) is 1. The highest BCUT2D eigenvalue weighted by atomic mass is 32.1. The molecule has 0 amide bonds. The average Bonchev–Trinajstić information content (AvgIpc) is 3.09. The van der Waals surface area contributed by atoms with Gasteiger partial charge in [0.15, 0.2) is 0 Å². The van der Waals surface area contributed by atoms with Crippen molar-refractivity contribution in [3.63, 3.8) is 0 Å². The zero-order chi connectivity index (χ0) is 18.9. The third-order valence-electron chi connectivity index (χ3n) is 3.69. The SMILES string of the molecule is FC(F)(F)c1ccc(-c2cc(ONc3nc4ccccc4s3)ncn2)cc1. The molecule has 0 radical (unpaired) electrons. The molecule has 1 N–H and O–H groups in total. The molecule has 0 saturated heterocycles. The van der Waals surface area contributed by atoms with E-state index in [0.717, 1.165) is 22.3 Å². The average molecular weight is 388 g/mol. The van der Waals surface area contributed by atoms with Gasteiger partial charge in [-0.3, -0.25) is 0 Å². The number of nitrogens with zero attached hydrogens (tertiary/aromatic N) is 3. The van der Waals surface area contributed by atoms with E-state index in [1.807, 2.05) is 24.3 Å². The zero-order valence-corrected chi connectivity index (χ0v) is 14.4. The van der Waals surface area contributed by atoms with Gasteiger partial charge >= 0.3 is 6.18 Å². The highest BCUT2D eigenvalue weighted by molar-refractivity contribution is 7.22. The summed E-state index contributed by atoms with van der Waals surface area (Å²) in [5.41, 5.74) is 3.83. The van der Waals surface area contributed by atoms with Gasteiger partial charge in [-0.05, 0) is 24.3 Å². The molecule has 0 bridgehead atoms. The molecule has 0 aliphatic heterocycles. The predicted molar refractivity (Wildman–Crippen MR) is 96.3 cm³/mol. The lowest BCUT2D eigenvalue weighted by molar-refractivity contribution is -0.137. The molecule has 0 aliphatic carbocycles. The Morgan fingerprint density at radius 1 is 0.963 bits per heavy atom.